The lowest BCUT2D eigenvalue weighted by atomic mass is 10.1. The lowest BCUT2D eigenvalue weighted by molar-refractivity contribution is 0.0696. The lowest BCUT2D eigenvalue weighted by Gasteiger charge is -2.13. The highest BCUT2D eigenvalue weighted by molar-refractivity contribution is 14.1. The fourth-order valence-electron chi connectivity index (χ4n) is 3.49. The molecule has 0 spiro atoms. The summed E-state index contributed by atoms with van der Waals surface area (Å²) in [4.78, 5) is 23.6. The Labute approximate surface area is 220 Å². The van der Waals surface area contributed by atoms with Crippen molar-refractivity contribution in [1.82, 2.24) is 5.43 Å². The monoisotopic (exact) mass is 596 g/mol. The zero-order chi connectivity index (χ0) is 25.7. The van der Waals surface area contributed by atoms with Crippen molar-refractivity contribution in [3.05, 3.63) is 98.6 Å². The van der Waals surface area contributed by atoms with Crippen LogP contribution in [-0.4, -0.2) is 35.4 Å². The van der Waals surface area contributed by atoms with Gasteiger partial charge in [-0.05, 0) is 80.9 Å². The predicted molar refractivity (Wildman–Crippen MR) is 144 cm³/mol. The number of fused-ring (bicyclic) bond motifs is 1. The van der Waals surface area contributed by atoms with Crippen LogP contribution >= 0.6 is 22.6 Å². The van der Waals surface area contributed by atoms with Crippen molar-refractivity contribution in [2.45, 2.75) is 6.61 Å². The normalized spacial score (nSPS) is 10.9. The average molecular weight is 596 g/mol. The Hall–Kier alpha value is -4.12. The fourth-order valence-corrected chi connectivity index (χ4v) is 4.27. The molecule has 0 saturated carbocycles. The Morgan fingerprint density at radius 3 is 2.39 bits per heavy atom. The van der Waals surface area contributed by atoms with Gasteiger partial charge < -0.3 is 19.7 Å². The Kier molecular flexibility index (Phi) is 7.69. The summed E-state index contributed by atoms with van der Waals surface area (Å²) in [5, 5.41) is 24.9. The van der Waals surface area contributed by atoms with E-state index in [2.05, 4.69) is 33.1 Å². The maximum Gasteiger partial charge on any atom is 0.335 e. The van der Waals surface area contributed by atoms with Crippen LogP contribution in [0, 0.1) is 3.57 Å². The first-order valence-corrected chi connectivity index (χ1v) is 11.8. The number of phenols is 1. The van der Waals surface area contributed by atoms with Crippen LogP contribution in [-0.2, 0) is 6.61 Å². The van der Waals surface area contributed by atoms with Gasteiger partial charge in [-0.1, -0.05) is 36.4 Å². The van der Waals surface area contributed by atoms with E-state index in [1.807, 2.05) is 30.3 Å². The van der Waals surface area contributed by atoms with E-state index in [9.17, 15) is 14.7 Å². The molecule has 0 fully saturated rings. The van der Waals surface area contributed by atoms with Gasteiger partial charge in [0.2, 0.25) is 0 Å². The van der Waals surface area contributed by atoms with E-state index in [-0.39, 0.29) is 23.5 Å². The minimum atomic E-state index is -0.985. The van der Waals surface area contributed by atoms with Crippen LogP contribution < -0.4 is 14.9 Å². The maximum absolute atomic E-state index is 12.6. The summed E-state index contributed by atoms with van der Waals surface area (Å²) < 4.78 is 12.2. The van der Waals surface area contributed by atoms with Crippen LogP contribution in [0.15, 0.2) is 77.9 Å². The molecule has 0 saturated heterocycles. The number of benzene rings is 4. The second-order valence-electron chi connectivity index (χ2n) is 7.74. The molecule has 1 amide bonds. The highest BCUT2D eigenvalue weighted by Gasteiger charge is 2.14. The Morgan fingerprint density at radius 2 is 1.72 bits per heavy atom. The number of carboxylic acids is 1. The summed E-state index contributed by atoms with van der Waals surface area (Å²) in [7, 11) is 1.52. The minimum Gasteiger partial charge on any atom is -0.507 e. The van der Waals surface area contributed by atoms with Gasteiger partial charge in [0.15, 0.2) is 11.5 Å². The number of rotatable bonds is 8. The molecule has 4 aromatic carbocycles. The first kappa shape index (κ1) is 25.0. The van der Waals surface area contributed by atoms with Crippen molar-refractivity contribution in [1.29, 1.82) is 0 Å². The number of hydrogen-bond acceptors (Lipinski definition) is 6. The third-order valence-electron chi connectivity index (χ3n) is 5.32. The number of halogens is 1. The zero-order valence-corrected chi connectivity index (χ0v) is 21.2. The van der Waals surface area contributed by atoms with Gasteiger partial charge in [0.1, 0.15) is 12.4 Å². The Bertz CT molecular complexity index is 1470. The molecule has 0 atom stereocenters. The number of methoxy groups -OCH3 is 1. The lowest BCUT2D eigenvalue weighted by Crippen LogP contribution is -2.17. The number of amides is 1. The van der Waals surface area contributed by atoms with Gasteiger partial charge in [-0.3, -0.25) is 4.79 Å². The molecule has 0 aromatic heterocycles. The fraction of sp³-hybridized carbons (Fsp3) is 0.0741. The van der Waals surface area contributed by atoms with E-state index in [4.69, 9.17) is 14.6 Å². The molecule has 0 aliphatic rings. The van der Waals surface area contributed by atoms with E-state index < -0.39 is 11.9 Å². The number of ether oxygens (including phenoxy) is 2. The van der Waals surface area contributed by atoms with E-state index in [0.717, 1.165) is 19.9 Å². The summed E-state index contributed by atoms with van der Waals surface area (Å²) >= 11 is 2.11. The molecule has 0 aliphatic carbocycles. The van der Waals surface area contributed by atoms with Gasteiger partial charge in [0.25, 0.3) is 5.91 Å². The van der Waals surface area contributed by atoms with Crippen molar-refractivity contribution in [3.63, 3.8) is 0 Å². The second kappa shape index (κ2) is 11.1. The maximum atomic E-state index is 12.6. The van der Waals surface area contributed by atoms with Crippen molar-refractivity contribution in [3.8, 4) is 17.2 Å². The van der Waals surface area contributed by atoms with E-state index in [1.54, 1.807) is 30.3 Å². The number of carbonyl (C=O) groups excluding carboxylic acids is 1. The van der Waals surface area contributed by atoms with Gasteiger partial charge in [-0.2, -0.15) is 5.10 Å². The number of carboxylic acid groups (broad SMARTS) is 1. The minimum absolute atomic E-state index is 0.123. The van der Waals surface area contributed by atoms with Gasteiger partial charge >= 0.3 is 5.97 Å². The SMILES string of the molecule is COc1cc(C=NNC(=O)c2cc3ccccc3cc2O)cc(I)c1OCc1ccc(C(=O)O)cc1. The number of aromatic carboxylic acids is 1. The molecular weight excluding hydrogens is 575 g/mol. The molecule has 3 N–H and O–H groups in total. The average Bonchev–Trinajstić information content (AvgIpc) is 2.87. The van der Waals surface area contributed by atoms with Crippen LogP contribution in [0.4, 0.5) is 0 Å². The van der Waals surface area contributed by atoms with E-state index in [1.165, 1.54) is 25.5 Å². The molecule has 9 heteroatoms. The molecule has 0 bridgehead atoms. The number of nitrogens with one attached hydrogen (secondary N) is 1. The summed E-state index contributed by atoms with van der Waals surface area (Å²) in [5.74, 6) is -0.644. The third kappa shape index (κ3) is 5.74. The number of nitrogens with zero attached hydrogens (tertiary/aromatic N) is 1. The first-order valence-electron chi connectivity index (χ1n) is 10.7. The number of hydrogen-bond donors (Lipinski definition) is 3. The molecule has 0 aliphatic heterocycles. The van der Waals surface area contributed by atoms with Gasteiger partial charge in [-0.15, -0.1) is 0 Å². The number of phenolic OH excluding ortho intramolecular Hbond substituents is 1. The van der Waals surface area contributed by atoms with Crippen molar-refractivity contribution in [2.75, 3.05) is 7.11 Å². The van der Waals surface area contributed by atoms with Crippen LogP contribution in [0.1, 0.15) is 31.8 Å². The first-order chi connectivity index (χ1) is 17.4. The van der Waals surface area contributed by atoms with Crippen LogP contribution in [0.25, 0.3) is 10.8 Å². The van der Waals surface area contributed by atoms with Crippen LogP contribution in [0.5, 0.6) is 17.2 Å². The molecular formula is C27H21IN2O6. The molecule has 0 radical (unpaired) electrons. The smallest absolute Gasteiger partial charge is 0.335 e. The largest absolute Gasteiger partial charge is 0.507 e. The van der Waals surface area contributed by atoms with E-state index >= 15 is 0 Å². The van der Waals surface area contributed by atoms with Crippen molar-refractivity contribution in [2.24, 2.45) is 5.10 Å². The van der Waals surface area contributed by atoms with E-state index in [0.29, 0.717) is 17.1 Å². The summed E-state index contributed by atoms with van der Waals surface area (Å²) in [5.41, 5.74) is 4.24. The molecule has 0 unspecified atom stereocenters. The zero-order valence-electron chi connectivity index (χ0n) is 19.1. The van der Waals surface area contributed by atoms with Crippen LogP contribution in [0.2, 0.25) is 0 Å². The summed E-state index contributed by atoms with van der Waals surface area (Å²) in [6.45, 7) is 0.227. The molecule has 36 heavy (non-hydrogen) atoms. The molecule has 182 valence electrons. The van der Waals surface area contributed by atoms with Crippen molar-refractivity contribution >= 4 is 51.5 Å². The quantitative estimate of drug-likeness (QED) is 0.146. The van der Waals surface area contributed by atoms with Crippen molar-refractivity contribution < 1.29 is 29.3 Å². The highest BCUT2D eigenvalue weighted by Crippen LogP contribution is 2.34. The topological polar surface area (TPSA) is 117 Å². The van der Waals surface area contributed by atoms with Gasteiger partial charge in [0.05, 0.1) is 28.0 Å². The standard InChI is InChI=1S/C27H21IN2O6/c1-35-24-11-17(10-22(28)25(24)36-15-16-6-8-18(9-7-16)27(33)34)14-29-30-26(32)21-12-19-4-2-3-5-20(19)13-23(21)31/h2-14,31H,15H2,1H3,(H,30,32)(H,33,34). The number of carbonyl (C=O) groups is 2. The predicted octanol–water partition coefficient (Wildman–Crippen LogP) is 5.20. The molecule has 8 nitrogen and oxygen atoms in total. The second-order valence-corrected chi connectivity index (χ2v) is 8.90. The number of hydrazone groups is 1. The molecule has 4 rings (SSSR count). The van der Waals surface area contributed by atoms with Gasteiger partial charge in [-0.25, -0.2) is 10.2 Å². The molecule has 4 aromatic rings. The van der Waals surface area contributed by atoms with Gasteiger partial charge in [0, 0.05) is 0 Å². The molecule has 0 heterocycles. The highest BCUT2D eigenvalue weighted by atomic mass is 127. The summed E-state index contributed by atoms with van der Waals surface area (Å²) in [6, 6.07) is 20.5. The Balaban J connectivity index is 1.45. The summed E-state index contributed by atoms with van der Waals surface area (Å²) in [6.07, 6.45) is 1.47. The van der Waals surface area contributed by atoms with Crippen LogP contribution in [0.3, 0.4) is 0 Å². The number of aromatic hydroxyl groups is 1. The Morgan fingerprint density at radius 1 is 1.03 bits per heavy atom. The third-order valence-corrected chi connectivity index (χ3v) is 6.13.